The van der Waals surface area contributed by atoms with Gasteiger partial charge in [-0.25, -0.2) is 0 Å². The first-order valence-corrected chi connectivity index (χ1v) is 5.10. The van der Waals surface area contributed by atoms with Gasteiger partial charge in [0, 0.05) is 12.5 Å². The summed E-state index contributed by atoms with van der Waals surface area (Å²) in [6.45, 7) is 0.862. The van der Waals surface area contributed by atoms with Gasteiger partial charge >= 0.3 is 0 Å². The molecular weight excluding hydrogens is 234 g/mol. The molecule has 1 heterocycles. The molecule has 1 amide bonds. The van der Waals surface area contributed by atoms with Crippen LogP contribution in [0.2, 0.25) is 5.02 Å². The molecule has 1 aromatic rings. The zero-order valence-electron chi connectivity index (χ0n) is 8.33. The first-order valence-electron chi connectivity index (χ1n) is 4.72. The van der Waals surface area contributed by atoms with E-state index in [1.807, 2.05) is 0 Å². The number of carbonyl (C=O) groups is 1. The van der Waals surface area contributed by atoms with Gasteiger partial charge in [-0.1, -0.05) is 11.6 Å². The van der Waals surface area contributed by atoms with E-state index in [1.54, 1.807) is 0 Å². The average molecular weight is 244 g/mol. The maximum Gasteiger partial charge on any atom is 0.256 e. The Hall–Kier alpha value is -1.62. The zero-order valence-corrected chi connectivity index (χ0v) is 9.08. The van der Waals surface area contributed by atoms with Crippen molar-refractivity contribution >= 4 is 17.5 Å². The Kier molecular flexibility index (Phi) is 2.78. The van der Waals surface area contributed by atoms with Crippen molar-refractivity contribution in [2.45, 2.75) is 6.42 Å². The van der Waals surface area contributed by atoms with Gasteiger partial charge in [-0.3, -0.25) is 4.79 Å². The van der Waals surface area contributed by atoms with Gasteiger partial charge in [0.1, 0.15) is 5.56 Å². The van der Waals surface area contributed by atoms with Crippen molar-refractivity contribution in [3.8, 4) is 17.2 Å². The first-order chi connectivity index (χ1) is 7.61. The molecule has 0 aliphatic carbocycles. The van der Waals surface area contributed by atoms with Gasteiger partial charge in [-0.2, -0.15) is 0 Å². The van der Waals surface area contributed by atoms with Crippen LogP contribution in [0.4, 0.5) is 0 Å². The van der Waals surface area contributed by atoms with E-state index in [1.165, 1.54) is 6.07 Å². The summed E-state index contributed by atoms with van der Waals surface area (Å²) in [5.41, 5.74) is 5.03. The Morgan fingerprint density at radius 2 is 2.12 bits per heavy atom. The van der Waals surface area contributed by atoms with E-state index >= 15 is 0 Å². The predicted molar refractivity (Wildman–Crippen MR) is 57.2 cm³/mol. The fourth-order valence-corrected chi connectivity index (χ4v) is 1.69. The number of carbonyl (C=O) groups excluding carboxylic acids is 1. The number of aromatic hydroxyl groups is 1. The minimum atomic E-state index is -0.804. The normalized spacial score (nSPS) is 14.3. The van der Waals surface area contributed by atoms with Crippen LogP contribution in [-0.4, -0.2) is 24.2 Å². The fraction of sp³-hybridized carbons (Fsp3) is 0.300. The third kappa shape index (κ3) is 1.74. The number of nitrogens with two attached hydrogens (primary N) is 1. The van der Waals surface area contributed by atoms with Crippen LogP contribution in [0.5, 0.6) is 17.2 Å². The van der Waals surface area contributed by atoms with Crippen LogP contribution in [0.3, 0.4) is 0 Å². The number of benzene rings is 1. The molecule has 16 heavy (non-hydrogen) atoms. The van der Waals surface area contributed by atoms with E-state index in [9.17, 15) is 9.90 Å². The largest absolute Gasteiger partial charge is 0.505 e. The number of primary amides is 1. The Morgan fingerprint density at radius 1 is 1.44 bits per heavy atom. The molecule has 0 aromatic heterocycles. The number of hydrogen-bond acceptors (Lipinski definition) is 4. The SMILES string of the molecule is NC(=O)c1c(O)c(Cl)cc2c1OCCCO2. The van der Waals surface area contributed by atoms with Gasteiger partial charge in [0.15, 0.2) is 17.2 Å². The number of halogens is 1. The number of fused-ring (bicyclic) bond motifs is 1. The second-order valence-corrected chi connectivity index (χ2v) is 3.73. The molecule has 0 saturated heterocycles. The van der Waals surface area contributed by atoms with Crippen LogP contribution in [0, 0.1) is 0 Å². The van der Waals surface area contributed by atoms with Crippen molar-refractivity contribution < 1.29 is 19.4 Å². The van der Waals surface area contributed by atoms with E-state index in [-0.39, 0.29) is 22.1 Å². The molecule has 1 aliphatic heterocycles. The minimum Gasteiger partial charge on any atom is -0.505 e. The lowest BCUT2D eigenvalue weighted by Gasteiger charge is -2.12. The maximum absolute atomic E-state index is 11.2. The molecule has 2 rings (SSSR count). The van der Waals surface area contributed by atoms with Crippen molar-refractivity contribution in [3.05, 3.63) is 16.7 Å². The van der Waals surface area contributed by atoms with Gasteiger partial charge in [0.05, 0.1) is 18.2 Å². The van der Waals surface area contributed by atoms with Crippen molar-refractivity contribution in [2.24, 2.45) is 5.73 Å². The van der Waals surface area contributed by atoms with Crippen LogP contribution in [0.1, 0.15) is 16.8 Å². The summed E-state index contributed by atoms with van der Waals surface area (Å²) in [7, 11) is 0. The summed E-state index contributed by atoms with van der Waals surface area (Å²) < 4.78 is 10.7. The zero-order chi connectivity index (χ0) is 11.7. The molecule has 1 aliphatic rings. The molecule has 6 heteroatoms. The summed E-state index contributed by atoms with van der Waals surface area (Å²) >= 11 is 5.75. The second-order valence-electron chi connectivity index (χ2n) is 3.32. The van der Waals surface area contributed by atoms with Gasteiger partial charge in [-0.15, -0.1) is 0 Å². The summed E-state index contributed by atoms with van der Waals surface area (Å²) in [5, 5.41) is 9.66. The maximum atomic E-state index is 11.2. The average Bonchev–Trinajstić information content (AvgIpc) is 2.44. The van der Waals surface area contributed by atoms with Crippen LogP contribution in [-0.2, 0) is 0 Å². The number of rotatable bonds is 1. The molecule has 5 nitrogen and oxygen atoms in total. The Balaban J connectivity index is 2.65. The predicted octanol–water partition coefficient (Wildman–Crippen LogP) is 1.31. The highest BCUT2D eigenvalue weighted by molar-refractivity contribution is 6.33. The monoisotopic (exact) mass is 243 g/mol. The lowest BCUT2D eigenvalue weighted by atomic mass is 10.1. The number of phenols is 1. The van der Waals surface area contributed by atoms with Crippen LogP contribution in [0.25, 0.3) is 0 Å². The smallest absolute Gasteiger partial charge is 0.256 e. The molecule has 0 fully saturated rings. The van der Waals surface area contributed by atoms with Crippen LogP contribution < -0.4 is 15.2 Å². The van der Waals surface area contributed by atoms with E-state index < -0.39 is 5.91 Å². The van der Waals surface area contributed by atoms with Crippen molar-refractivity contribution in [3.63, 3.8) is 0 Å². The molecular formula is C10H10ClNO4. The lowest BCUT2D eigenvalue weighted by Crippen LogP contribution is -2.13. The van der Waals surface area contributed by atoms with Crippen LogP contribution >= 0.6 is 11.6 Å². The molecule has 1 aromatic carbocycles. The van der Waals surface area contributed by atoms with Gasteiger partial charge in [0.25, 0.3) is 5.91 Å². The third-order valence-electron chi connectivity index (χ3n) is 2.21. The highest BCUT2D eigenvalue weighted by Crippen LogP contribution is 2.42. The van der Waals surface area contributed by atoms with Crippen molar-refractivity contribution in [1.29, 1.82) is 0 Å². The second kappa shape index (κ2) is 4.09. The Labute approximate surface area is 96.7 Å². The molecule has 0 unspecified atom stereocenters. The number of hydrogen-bond donors (Lipinski definition) is 2. The van der Waals surface area contributed by atoms with Crippen molar-refractivity contribution in [1.82, 2.24) is 0 Å². The lowest BCUT2D eigenvalue weighted by molar-refractivity contribution is 0.0993. The molecule has 0 spiro atoms. The molecule has 0 radical (unpaired) electrons. The molecule has 3 N–H and O–H groups in total. The molecule has 86 valence electrons. The Bertz CT molecular complexity index is 447. The fourth-order valence-electron chi connectivity index (χ4n) is 1.49. The minimum absolute atomic E-state index is 0.0121. The highest BCUT2D eigenvalue weighted by Gasteiger charge is 2.24. The summed E-state index contributed by atoms with van der Waals surface area (Å²) in [5.74, 6) is -0.693. The van der Waals surface area contributed by atoms with Crippen molar-refractivity contribution in [2.75, 3.05) is 13.2 Å². The molecule has 0 bridgehead atoms. The summed E-state index contributed by atoms with van der Waals surface area (Å²) in [6, 6.07) is 1.41. The van der Waals surface area contributed by atoms with E-state index in [2.05, 4.69) is 0 Å². The number of ether oxygens (including phenoxy) is 2. The molecule has 0 atom stereocenters. The first kappa shape index (κ1) is 10.9. The van der Waals surface area contributed by atoms with Gasteiger partial charge in [-0.05, 0) is 0 Å². The van der Waals surface area contributed by atoms with Crippen LogP contribution in [0.15, 0.2) is 6.07 Å². The Morgan fingerprint density at radius 3 is 2.81 bits per heavy atom. The van der Waals surface area contributed by atoms with E-state index in [4.69, 9.17) is 26.8 Å². The quantitative estimate of drug-likeness (QED) is 0.779. The van der Waals surface area contributed by atoms with Gasteiger partial charge in [0.2, 0.25) is 0 Å². The van der Waals surface area contributed by atoms with E-state index in [0.29, 0.717) is 25.4 Å². The third-order valence-corrected chi connectivity index (χ3v) is 2.50. The van der Waals surface area contributed by atoms with E-state index in [0.717, 1.165) is 0 Å². The standard InChI is InChI=1S/C10H10ClNO4/c11-5-4-6-9(16-3-1-2-15-6)7(8(5)13)10(12)14/h4,13H,1-3H2,(H2,12,14). The van der Waals surface area contributed by atoms with Gasteiger partial charge < -0.3 is 20.3 Å². The summed E-state index contributed by atoms with van der Waals surface area (Å²) in [4.78, 5) is 11.2. The topological polar surface area (TPSA) is 81.8 Å². The highest BCUT2D eigenvalue weighted by atomic mass is 35.5. The molecule has 0 saturated carbocycles. The number of amides is 1. The summed E-state index contributed by atoms with van der Waals surface area (Å²) in [6.07, 6.45) is 0.686.